The van der Waals surface area contributed by atoms with Gasteiger partial charge in [0.2, 0.25) is 0 Å². The molecule has 0 spiro atoms. The molecule has 0 bridgehead atoms. The molecule has 3 heterocycles. The van der Waals surface area contributed by atoms with E-state index in [-0.39, 0.29) is 18.3 Å². The number of hydrogen-bond acceptors (Lipinski definition) is 6. The monoisotopic (exact) mass is 495 g/mol. The van der Waals surface area contributed by atoms with Crippen LogP contribution in [0.4, 0.5) is 5.82 Å². The number of ether oxygens (including phenoxy) is 2. The van der Waals surface area contributed by atoms with E-state index in [0.717, 1.165) is 61.3 Å². The number of likely N-dealkylation sites (tertiary alicyclic amines) is 1. The molecule has 0 unspecified atom stereocenters. The second kappa shape index (κ2) is 12.7. The molecular formula is C29H41N3O4. The van der Waals surface area contributed by atoms with Gasteiger partial charge in [0, 0.05) is 31.9 Å². The second-order valence-corrected chi connectivity index (χ2v) is 10.3. The highest BCUT2D eigenvalue weighted by molar-refractivity contribution is 5.76. The van der Waals surface area contributed by atoms with Crippen molar-refractivity contribution in [2.75, 3.05) is 31.6 Å². The molecule has 2 N–H and O–H groups in total. The normalized spacial score (nSPS) is 19.6. The van der Waals surface area contributed by atoms with Gasteiger partial charge in [-0.2, -0.15) is 0 Å². The number of aromatic nitrogens is 1. The van der Waals surface area contributed by atoms with Crippen LogP contribution in [0.3, 0.4) is 0 Å². The van der Waals surface area contributed by atoms with Crippen LogP contribution in [0.25, 0.3) is 0 Å². The highest BCUT2D eigenvalue weighted by Crippen LogP contribution is 2.33. The fourth-order valence-electron chi connectivity index (χ4n) is 5.39. The van der Waals surface area contributed by atoms with Gasteiger partial charge in [0.25, 0.3) is 0 Å². The molecule has 1 saturated heterocycles. The van der Waals surface area contributed by atoms with Crippen molar-refractivity contribution >= 4 is 11.8 Å². The first kappa shape index (κ1) is 26.6. The number of pyridine rings is 1. The van der Waals surface area contributed by atoms with Crippen molar-refractivity contribution in [3.05, 3.63) is 58.8 Å². The van der Waals surface area contributed by atoms with Crippen LogP contribution in [0, 0.1) is 0 Å². The Morgan fingerprint density at radius 1 is 1.17 bits per heavy atom. The van der Waals surface area contributed by atoms with Crippen molar-refractivity contribution in [2.45, 2.75) is 83.6 Å². The van der Waals surface area contributed by atoms with Gasteiger partial charge in [0.1, 0.15) is 11.9 Å². The number of rotatable bonds is 12. The summed E-state index contributed by atoms with van der Waals surface area (Å²) >= 11 is 0. The summed E-state index contributed by atoms with van der Waals surface area (Å²) in [5, 5.41) is 13.6. The third-order valence-electron chi connectivity index (χ3n) is 7.11. The molecule has 7 heteroatoms. The van der Waals surface area contributed by atoms with Crippen molar-refractivity contribution in [3.8, 4) is 0 Å². The molecule has 196 valence electrons. The Labute approximate surface area is 215 Å². The molecule has 1 aromatic heterocycles. The highest BCUT2D eigenvalue weighted by Gasteiger charge is 2.35. The number of nitrogens with one attached hydrogen (secondary N) is 1. The summed E-state index contributed by atoms with van der Waals surface area (Å²) in [7, 11) is 0. The summed E-state index contributed by atoms with van der Waals surface area (Å²) in [5.74, 6) is 0.229. The number of hydrogen-bond donors (Lipinski definition) is 2. The fraction of sp³-hybridized carbons (Fsp3) is 0.586. The lowest BCUT2D eigenvalue weighted by Crippen LogP contribution is -2.34. The first-order valence-electron chi connectivity index (χ1n) is 13.5. The van der Waals surface area contributed by atoms with E-state index < -0.39 is 12.0 Å². The topological polar surface area (TPSA) is 83.9 Å². The Balaban J connectivity index is 1.26. The summed E-state index contributed by atoms with van der Waals surface area (Å²) in [5.41, 5.74) is 4.21. The zero-order valence-corrected chi connectivity index (χ0v) is 21.9. The van der Waals surface area contributed by atoms with E-state index in [0.29, 0.717) is 19.7 Å². The number of nitrogens with zero attached hydrogens (tertiary/aromatic N) is 2. The molecule has 0 aliphatic carbocycles. The van der Waals surface area contributed by atoms with Gasteiger partial charge in [-0.3, -0.25) is 9.69 Å². The lowest BCUT2D eigenvalue weighted by atomic mass is 9.96. The van der Waals surface area contributed by atoms with Crippen molar-refractivity contribution in [2.24, 2.45) is 0 Å². The second-order valence-electron chi connectivity index (χ2n) is 10.3. The highest BCUT2D eigenvalue weighted by atomic mass is 16.5. The third kappa shape index (κ3) is 6.84. The van der Waals surface area contributed by atoms with Crippen LogP contribution >= 0.6 is 0 Å². The summed E-state index contributed by atoms with van der Waals surface area (Å²) in [6.07, 6.45) is 6.05. The third-order valence-corrected chi connectivity index (χ3v) is 7.11. The molecule has 7 nitrogen and oxygen atoms in total. The maximum atomic E-state index is 12.4. The predicted molar refractivity (Wildman–Crippen MR) is 141 cm³/mol. The summed E-state index contributed by atoms with van der Waals surface area (Å²) in [6.45, 7) is 9.02. The number of aliphatic carboxylic acids is 1. The van der Waals surface area contributed by atoms with Crippen LogP contribution in [0.1, 0.15) is 81.0 Å². The van der Waals surface area contributed by atoms with Gasteiger partial charge in [0.05, 0.1) is 18.3 Å². The molecule has 0 saturated carbocycles. The number of unbranched alkanes of at least 4 members (excludes halogenated alkanes) is 1. The number of carbonyl (C=O) groups is 1. The predicted octanol–water partition coefficient (Wildman–Crippen LogP) is 5.17. The lowest BCUT2D eigenvalue weighted by molar-refractivity contribution is -0.143. The van der Waals surface area contributed by atoms with Crippen LogP contribution in [0.2, 0.25) is 0 Å². The number of fused-ring (bicyclic) bond motifs is 1. The van der Waals surface area contributed by atoms with Crippen molar-refractivity contribution in [3.63, 3.8) is 0 Å². The molecule has 0 amide bonds. The van der Waals surface area contributed by atoms with E-state index >= 15 is 0 Å². The Morgan fingerprint density at radius 2 is 1.97 bits per heavy atom. The maximum absolute atomic E-state index is 12.4. The lowest BCUT2D eigenvalue weighted by Gasteiger charge is -2.28. The van der Waals surface area contributed by atoms with Crippen molar-refractivity contribution in [1.82, 2.24) is 9.88 Å². The average molecular weight is 496 g/mol. The van der Waals surface area contributed by atoms with Gasteiger partial charge in [-0.1, -0.05) is 30.3 Å². The number of anilines is 1. The standard InChI is InChI=1S/C29H41N3O4/c1-20(2)36-21(3)25-11-4-5-12-26(25)27(29(33)34)32-17-15-24(19-32)35-18-7-6-10-23-14-13-22-9-8-16-30-28(22)31-23/h4-5,11-14,20-21,24,27H,6-10,15-19H2,1-3H3,(H,30,31)(H,33,34)/t21-,24+,27-/m0/s1. The van der Waals surface area contributed by atoms with E-state index in [4.69, 9.17) is 14.5 Å². The van der Waals surface area contributed by atoms with Crippen LogP contribution in [-0.2, 0) is 27.1 Å². The van der Waals surface area contributed by atoms with Gasteiger partial charge in [-0.05, 0) is 82.1 Å². The number of carboxylic acid groups (broad SMARTS) is 1. The van der Waals surface area contributed by atoms with Crippen molar-refractivity contribution in [1.29, 1.82) is 0 Å². The largest absolute Gasteiger partial charge is 0.480 e. The molecular weight excluding hydrogens is 454 g/mol. The molecule has 2 aliphatic rings. The molecule has 1 aromatic carbocycles. The van der Waals surface area contributed by atoms with Gasteiger partial charge in [-0.25, -0.2) is 4.98 Å². The Bertz CT molecular complexity index is 1010. The number of aryl methyl sites for hydroxylation is 2. The maximum Gasteiger partial charge on any atom is 0.325 e. The minimum atomic E-state index is -0.827. The minimum absolute atomic E-state index is 0.0643. The number of carboxylic acids is 1. The van der Waals surface area contributed by atoms with E-state index in [1.54, 1.807) is 0 Å². The quantitative estimate of drug-likeness (QED) is 0.393. The Kier molecular flexibility index (Phi) is 9.35. The Hall–Kier alpha value is -2.48. The molecule has 1 fully saturated rings. The summed E-state index contributed by atoms with van der Waals surface area (Å²) in [4.78, 5) is 19.2. The van der Waals surface area contributed by atoms with Crippen molar-refractivity contribution < 1.29 is 19.4 Å². The molecule has 2 aromatic rings. The van der Waals surface area contributed by atoms with Gasteiger partial charge < -0.3 is 19.9 Å². The van der Waals surface area contributed by atoms with Crippen LogP contribution in [0.5, 0.6) is 0 Å². The first-order valence-corrected chi connectivity index (χ1v) is 13.5. The summed E-state index contributed by atoms with van der Waals surface area (Å²) < 4.78 is 12.1. The van der Waals surface area contributed by atoms with Gasteiger partial charge >= 0.3 is 5.97 Å². The summed E-state index contributed by atoms with van der Waals surface area (Å²) in [6, 6.07) is 11.4. The average Bonchev–Trinajstić information content (AvgIpc) is 3.31. The van der Waals surface area contributed by atoms with E-state index in [9.17, 15) is 9.90 Å². The van der Waals surface area contributed by atoms with Crippen LogP contribution in [-0.4, -0.2) is 59.4 Å². The SMILES string of the molecule is CC(C)O[C@@H](C)c1ccccc1[C@@H](C(=O)O)N1CC[C@@H](OCCCCc2ccc3c(n2)NCCC3)C1. The van der Waals surface area contributed by atoms with E-state index in [2.05, 4.69) is 17.4 Å². The fourth-order valence-corrected chi connectivity index (χ4v) is 5.39. The molecule has 36 heavy (non-hydrogen) atoms. The van der Waals surface area contributed by atoms with Crippen LogP contribution < -0.4 is 5.32 Å². The minimum Gasteiger partial charge on any atom is -0.480 e. The molecule has 2 aliphatic heterocycles. The molecule has 4 rings (SSSR count). The zero-order valence-electron chi connectivity index (χ0n) is 21.9. The molecule has 3 atom stereocenters. The Morgan fingerprint density at radius 3 is 2.75 bits per heavy atom. The van der Waals surface area contributed by atoms with Gasteiger partial charge in [0.15, 0.2) is 0 Å². The number of benzene rings is 1. The van der Waals surface area contributed by atoms with E-state index in [1.807, 2.05) is 49.9 Å². The van der Waals surface area contributed by atoms with Crippen LogP contribution in [0.15, 0.2) is 36.4 Å². The zero-order chi connectivity index (χ0) is 25.5. The smallest absolute Gasteiger partial charge is 0.325 e. The van der Waals surface area contributed by atoms with Gasteiger partial charge in [-0.15, -0.1) is 0 Å². The van der Waals surface area contributed by atoms with E-state index in [1.165, 1.54) is 12.0 Å². The molecule has 0 radical (unpaired) electrons. The first-order chi connectivity index (χ1) is 17.4.